The molecule has 0 unspecified atom stereocenters. The number of benzene rings is 1. The van der Waals surface area contributed by atoms with Crippen LogP contribution in [0.1, 0.15) is 25.8 Å². The van der Waals surface area contributed by atoms with Crippen molar-refractivity contribution in [2.24, 2.45) is 5.92 Å². The van der Waals surface area contributed by atoms with Gasteiger partial charge < -0.3 is 5.32 Å². The van der Waals surface area contributed by atoms with E-state index in [-0.39, 0.29) is 17.2 Å². The molecule has 0 fully saturated rings. The van der Waals surface area contributed by atoms with Crippen LogP contribution in [0, 0.1) is 12.8 Å². The zero-order valence-corrected chi connectivity index (χ0v) is 17.3. The van der Waals surface area contributed by atoms with Gasteiger partial charge in [-0.1, -0.05) is 37.7 Å². The van der Waals surface area contributed by atoms with Gasteiger partial charge in [-0.15, -0.1) is 11.3 Å². The van der Waals surface area contributed by atoms with Gasteiger partial charge in [0.25, 0.3) is 5.56 Å². The summed E-state index contributed by atoms with van der Waals surface area (Å²) in [5, 5.41) is 5.38. The Morgan fingerprint density at radius 3 is 2.89 bits per heavy atom. The number of nitrogens with one attached hydrogen (secondary N) is 1. The van der Waals surface area contributed by atoms with E-state index in [2.05, 4.69) is 24.1 Å². The highest BCUT2D eigenvalue weighted by Crippen LogP contribution is 2.22. The molecule has 1 aromatic carbocycles. The van der Waals surface area contributed by atoms with E-state index in [1.165, 1.54) is 23.1 Å². The van der Waals surface area contributed by atoms with Crippen molar-refractivity contribution >= 4 is 44.9 Å². The SMILES string of the molecule is Cc1cccc(NC(=O)CSc2nc3ccsc3c(=O)n2CCC(C)C)c1. The maximum atomic E-state index is 12.8. The van der Waals surface area contributed by atoms with E-state index in [0.717, 1.165) is 17.7 Å². The first-order valence-electron chi connectivity index (χ1n) is 8.91. The van der Waals surface area contributed by atoms with Crippen molar-refractivity contribution < 1.29 is 4.79 Å². The molecule has 0 radical (unpaired) electrons. The number of thiophene rings is 1. The Morgan fingerprint density at radius 2 is 2.15 bits per heavy atom. The first kappa shape index (κ1) is 19.6. The lowest BCUT2D eigenvalue weighted by atomic mass is 10.1. The molecule has 2 aromatic heterocycles. The third-order valence-electron chi connectivity index (χ3n) is 4.10. The maximum Gasteiger partial charge on any atom is 0.272 e. The normalized spacial score (nSPS) is 11.3. The summed E-state index contributed by atoms with van der Waals surface area (Å²) in [6, 6.07) is 9.54. The van der Waals surface area contributed by atoms with Crippen molar-refractivity contribution in [2.75, 3.05) is 11.1 Å². The van der Waals surface area contributed by atoms with Crippen molar-refractivity contribution in [2.45, 2.75) is 38.9 Å². The molecular formula is C20H23N3O2S2. The molecule has 0 aliphatic carbocycles. The average molecular weight is 402 g/mol. The van der Waals surface area contributed by atoms with Gasteiger partial charge in [-0.2, -0.15) is 0 Å². The number of thioether (sulfide) groups is 1. The van der Waals surface area contributed by atoms with Crippen LogP contribution in [0.5, 0.6) is 0 Å². The first-order valence-corrected chi connectivity index (χ1v) is 10.8. The number of amides is 1. The maximum absolute atomic E-state index is 12.8. The van der Waals surface area contributed by atoms with Crippen molar-refractivity contribution in [3.8, 4) is 0 Å². The zero-order chi connectivity index (χ0) is 19.4. The van der Waals surface area contributed by atoms with Gasteiger partial charge in [0, 0.05) is 12.2 Å². The van der Waals surface area contributed by atoms with Gasteiger partial charge in [-0.25, -0.2) is 4.98 Å². The summed E-state index contributed by atoms with van der Waals surface area (Å²) in [5.41, 5.74) is 2.55. The molecule has 142 valence electrons. The van der Waals surface area contributed by atoms with E-state index in [1.807, 2.05) is 42.6 Å². The number of rotatable bonds is 7. The minimum Gasteiger partial charge on any atom is -0.325 e. The van der Waals surface area contributed by atoms with Gasteiger partial charge in [0.05, 0.1) is 11.3 Å². The van der Waals surface area contributed by atoms with E-state index in [9.17, 15) is 9.59 Å². The van der Waals surface area contributed by atoms with Crippen LogP contribution in [0.3, 0.4) is 0 Å². The molecule has 2 heterocycles. The highest BCUT2D eigenvalue weighted by Gasteiger charge is 2.14. The number of anilines is 1. The predicted molar refractivity (Wildman–Crippen MR) is 114 cm³/mol. The third kappa shape index (κ3) is 4.99. The second-order valence-electron chi connectivity index (χ2n) is 6.87. The highest BCUT2D eigenvalue weighted by atomic mass is 32.2. The molecule has 1 N–H and O–H groups in total. The Balaban J connectivity index is 1.77. The molecule has 0 aliphatic heterocycles. The third-order valence-corrected chi connectivity index (χ3v) is 5.96. The van der Waals surface area contributed by atoms with Gasteiger partial charge >= 0.3 is 0 Å². The Hall–Kier alpha value is -2.12. The zero-order valence-electron chi connectivity index (χ0n) is 15.7. The van der Waals surface area contributed by atoms with Crippen molar-refractivity contribution in [1.29, 1.82) is 0 Å². The van der Waals surface area contributed by atoms with Crippen molar-refractivity contribution in [3.05, 3.63) is 51.6 Å². The summed E-state index contributed by atoms with van der Waals surface area (Å²) in [7, 11) is 0. The molecule has 0 bridgehead atoms. The summed E-state index contributed by atoms with van der Waals surface area (Å²) in [4.78, 5) is 29.8. The number of hydrogen-bond acceptors (Lipinski definition) is 5. The van der Waals surface area contributed by atoms with E-state index in [0.29, 0.717) is 27.8 Å². The van der Waals surface area contributed by atoms with E-state index in [1.54, 1.807) is 4.57 Å². The quantitative estimate of drug-likeness (QED) is 0.466. The molecule has 0 spiro atoms. The molecule has 3 aromatic rings. The number of aryl methyl sites for hydroxylation is 1. The Labute approximate surface area is 166 Å². The second-order valence-corrected chi connectivity index (χ2v) is 8.73. The van der Waals surface area contributed by atoms with Crippen LogP contribution in [0.15, 0.2) is 45.7 Å². The average Bonchev–Trinajstić information content (AvgIpc) is 3.08. The molecule has 0 saturated carbocycles. The van der Waals surface area contributed by atoms with Crippen LogP contribution in [0.4, 0.5) is 5.69 Å². The lowest BCUT2D eigenvalue weighted by molar-refractivity contribution is -0.113. The number of hydrogen-bond donors (Lipinski definition) is 1. The number of nitrogens with zero attached hydrogens (tertiary/aromatic N) is 2. The van der Waals surface area contributed by atoms with E-state index in [4.69, 9.17) is 0 Å². The molecule has 27 heavy (non-hydrogen) atoms. The first-order chi connectivity index (χ1) is 12.9. The van der Waals surface area contributed by atoms with Gasteiger partial charge in [-0.05, 0) is 48.4 Å². The summed E-state index contributed by atoms with van der Waals surface area (Å²) in [6.45, 7) is 6.85. The predicted octanol–water partition coefficient (Wildman–Crippen LogP) is 4.54. The largest absolute Gasteiger partial charge is 0.325 e. The number of carbonyl (C=O) groups is 1. The molecule has 3 rings (SSSR count). The Kier molecular flexibility index (Phi) is 6.34. The summed E-state index contributed by atoms with van der Waals surface area (Å²) < 4.78 is 2.39. The molecule has 0 atom stereocenters. The standard InChI is InChI=1S/C20H23N3O2S2/c1-13(2)7-9-23-19(25)18-16(8-10-26-18)22-20(23)27-12-17(24)21-15-6-4-5-14(3)11-15/h4-6,8,10-11,13H,7,9,12H2,1-3H3,(H,21,24). The minimum atomic E-state index is -0.110. The van der Waals surface area contributed by atoms with Gasteiger partial charge in [-0.3, -0.25) is 14.2 Å². The second kappa shape index (κ2) is 8.71. The molecular weight excluding hydrogens is 378 g/mol. The topological polar surface area (TPSA) is 64.0 Å². The van der Waals surface area contributed by atoms with Crippen LogP contribution in [0.25, 0.3) is 10.2 Å². The fourth-order valence-corrected chi connectivity index (χ4v) is 4.27. The Morgan fingerprint density at radius 1 is 1.33 bits per heavy atom. The van der Waals surface area contributed by atoms with Crippen LogP contribution in [0.2, 0.25) is 0 Å². The lowest BCUT2D eigenvalue weighted by Crippen LogP contribution is -2.24. The van der Waals surface area contributed by atoms with Gasteiger partial charge in [0.15, 0.2) is 5.16 Å². The van der Waals surface area contributed by atoms with E-state index < -0.39 is 0 Å². The molecule has 0 saturated heterocycles. The highest BCUT2D eigenvalue weighted by molar-refractivity contribution is 7.99. The summed E-state index contributed by atoms with van der Waals surface area (Å²) in [6.07, 6.45) is 0.890. The van der Waals surface area contributed by atoms with Crippen LogP contribution in [-0.4, -0.2) is 21.2 Å². The van der Waals surface area contributed by atoms with Gasteiger partial charge in [0.1, 0.15) is 4.70 Å². The van der Waals surface area contributed by atoms with Crippen LogP contribution < -0.4 is 10.9 Å². The molecule has 7 heteroatoms. The Bertz CT molecular complexity index is 1010. The van der Waals surface area contributed by atoms with Crippen LogP contribution >= 0.6 is 23.1 Å². The lowest BCUT2D eigenvalue weighted by Gasteiger charge is -2.13. The number of fused-ring (bicyclic) bond motifs is 1. The summed E-state index contributed by atoms with van der Waals surface area (Å²) in [5.74, 6) is 0.580. The van der Waals surface area contributed by atoms with Crippen molar-refractivity contribution in [1.82, 2.24) is 9.55 Å². The van der Waals surface area contributed by atoms with Crippen LogP contribution in [-0.2, 0) is 11.3 Å². The molecule has 1 amide bonds. The van der Waals surface area contributed by atoms with Gasteiger partial charge in [0.2, 0.25) is 5.91 Å². The molecule has 0 aliphatic rings. The van der Waals surface area contributed by atoms with E-state index >= 15 is 0 Å². The fraction of sp³-hybridized carbons (Fsp3) is 0.350. The monoisotopic (exact) mass is 401 g/mol. The number of aromatic nitrogens is 2. The number of carbonyl (C=O) groups excluding carboxylic acids is 1. The summed E-state index contributed by atoms with van der Waals surface area (Å²) >= 11 is 2.72. The smallest absolute Gasteiger partial charge is 0.272 e. The fourth-order valence-electron chi connectivity index (χ4n) is 2.67. The van der Waals surface area contributed by atoms with Crippen molar-refractivity contribution in [3.63, 3.8) is 0 Å². The minimum absolute atomic E-state index is 0.0164. The molecule has 5 nitrogen and oxygen atoms in total.